The molecule has 0 fully saturated rings. The minimum absolute atomic E-state index is 0.0344. The minimum atomic E-state index is -0.452. The topological polar surface area (TPSA) is 43.4 Å². The highest BCUT2D eigenvalue weighted by molar-refractivity contribution is 6.06. The van der Waals surface area contributed by atoms with Crippen molar-refractivity contribution in [3.05, 3.63) is 83.4 Å². The second kappa shape index (κ2) is 10.3. The lowest BCUT2D eigenvalue weighted by molar-refractivity contribution is -0.130. The maximum Gasteiger partial charge on any atom is 0.338 e. The van der Waals surface area contributed by atoms with Crippen LogP contribution in [0.1, 0.15) is 54.6 Å². The molecule has 2 aromatic carbocycles. The Labute approximate surface area is 161 Å². The quantitative estimate of drug-likeness (QED) is 0.186. The number of hydrogen-bond acceptors (Lipinski definition) is 3. The smallest absolute Gasteiger partial charge is 0.338 e. The molecule has 27 heavy (non-hydrogen) atoms. The van der Waals surface area contributed by atoms with Crippen molar-refractivity contribution in [3.63, 3.8) is 0 Å². The fourth-order valence-electron chi connectivity index (χ4n) is 2.52. The van der Waals surface area contributed by atoms with Crippen molar-refractivity contribution >= 4 is 17.8 Å². The van der Waals surface area contributed by atoms with Crippen LogP contribution in [0.15, 0.2) is 66.8 Å². The summed E-state index contributed by atoms with van der Waals surface area (Å²) < 4.78 is 5.14. The maximum atomic E-state index is 12.3. The zero-order chi connectivity index (χ0) is 19.6. The van der Waals surface area contributed by atoms with E-state index in [1.165, 1.54) is 24.8 Å². The molecule has 0 atom stereocenters. The number of ketones is 1. The summed E-state index contributed by atoms with van der Waals surface area (Å²) in [6, 6.07) is 14.8. The Hall–Kier alpha value is -2.94. The first-order valence-corrected chi connectivity index (χ1v) is 9.28. The first-order valence-electron chi connectivity index (χ1n) is 9.28. The summed E-state index contributed by atoms with van der Waals surface area (Å²) in [6.45, 7) is 7.34. The molecule has 0 unspecified atom stereocenters. The second-order valence-electron chi connectivity index (χ2n) is 6.59. The van der Waals surface area contributed by atoms with Crippen LogP contribution in [0.5, 0.6) is 5.75 Å². The van der Waals surface area contributed by atoms with E-state index in [-0.39, 0.29) is 5.78 Å². The summed E-state index contributed by atoms with van der Waals surface area (Å²) in [7, 11) is 0. The molecule has 0 bridgehead atoms. The highest BCUT2D eigenvalue weighted by Crippen LogP contribution is 2.15. The van der Waals surface area contributed by atoms with E-state index in [0.29, 0.717) is 16.9 Å². The van der Waals surface area contributed by atoms with Crippen molar-refractivity contribution in [1.82, 2.24) is 0 Å². The van der Waals surface area contributed by atoms with Gasteiger partial charge in [0.25, 0.3) is 0 Å². The van der Waals surface area contributed by atoms with Crippen LogP contribution in [0, 0.1) is 0 Å². The fourth-order valence-corrected chi connectivity index (χ4v) is 2.52. The number of hydrogen-bond donors (Lipinski definition) is 0. The predicted molar refractivity (Wildman–Crippen MR) is 110 cm³/mol. The van der Waals surface area contributed by atoms with E-state index in [4.69, 9.17) is 4.74 Å². The zero-order valence-corrected chi connectivity index (χ0v) is 16.0. The van der Waals surface area contributed by atoms with Crippen molar-refractivity contribution in [2.45, 2.75) is 39.5 Å². The molecular weight excluding hydrogens is 336 g/mol. The van der Waals surface area contributed by atoms with E-state index in [1.807, 2.05) is 24.3 Å². The van der Waals surface area contributed by atoms with Gasteiger partial charge in [0.2, 0.25) is 0 Å². The van der Waals surface area contributed by atoms with Crippen LogP contribution in [0.2, 0.25) is 0 Å². The van der Waals surface area contributed by atoms with Gasteiger partial charge in [-0.05, 0) is 49.1 Å². The lowest BCUT2D eigenvalue weighted by Gasteiger charge is -2.04. The average molecular weight is 362 g/mol. The Kier molecular flexibility index (Phi) is 7.75. The Morgan fingerprint density at radius 2 is 1.67 bits per heavy atom. The van der Waals surface area contributed by atoms with E-state index < -0.39 is 5.97 Å². The molecule has 0 spiro atoms. The van der Waals surface area contributed by atoms with Crippen LogP contribution in [-0.2, 0) is 11.2 Å². The SMILES string of the molecule is C=C(C)C(=O)Oc1ccc(C=CC(=O)c2ccc(CCCCC)cc2)cc1. The van der Waals surface area contributed by atoms with E-state index in [1.54, 1.807) is 43.3 Å². The second-order valence-corrected chi connectivity index (χ2v) is 6.59. The monoisotopic (exact) mass is 362 g/mol. The van der Waals surface area contributed by atoms with Crippen LogP contribution in [0.4, 0.5) is 0 Å². The highest BCUT2D eigenvalue weighted by Gasteiger charge is 2.05. The molecule has 3 heteroatoms. The number of unbranched alkanes of at least 4 members (excludes halogenated alkanes) is 2. The number of carbonyl (C=O) groups excluding carboxylic acids is 2. The summed E-state index contributed by atoms with van der Waals surface area (Å²) >= 11 is 0. The fraction of sp³-hybridized carbons (Fsp3) is 0.250. The Morgan fingerprint density at radius 3 is 2.26 bits per heavy atom. The van der Waals surface area contributed by atoms with Gasteiger partial charge >= 0.3 is 5.97 Å². The predicted octanol–water partition coefficient (Wildman–Crippen LogP) is 5.80. The molecule has 2 rings (SSSR count). The van der Waals surface area contributed by atoms with Crippen molar-refractivity contribution in [3.8, 4) is 5.75 Å². The molecule has 0 heterocycles. The number of rotatable bonds is 9. The lowest BCUT2D eigenvalue weighted by Crippen LogP contribution is -2.07. The van der Waals surface area contributed by atoms with Crippen LogP contribution >= 0.6 is 0 Å². The average Bonchev–Trinajstić information content (AvgIpc) is 2.68. The minimum Gasteiger partial charge on any atom is -0.423 e. The lowest BCUT2D eigenvalue weighted by atomic mass is 10.0. The molecule has 0 aliphatic carbocycles. The van der Waals surface area contributed by atoms with Crippen LogP contribution in [0.3, 0.4) is 0 Å². The van der Waals surface area contributed by atoms with Gasteiger partial charge in [-0.15, -0.1) is 0 Å². The number of allylic oxidation sites excluding steroid dienone is 1. The van der Waals surface area contributed by atoms with Gasteiger partial charge in [-0.2, -0.15) is 0 Å². The molecule has 3 nitrogen and oxygen atoms in total. The third kappa shape index (κ3) is 6.70. The third-order valence-electron chi connectivity index (χ3n) is 4.17. The van der Waals surface area contributed by atoms with Crippen molar-refractivity contribution in [2.75, 3.05) is 0 Å². The third-order valence-corrected chi connectivity index (χ3v) is 4.17. The number of aryl methyl sites for hydroxylation is 1. The van der Waals surface area contributed by atoms with Gasteiger partial charge in [-0.1, -0.05) is 68.8 Å². The van der Waals surface area contributed by atoms with E-state index in [2.05, 4.69) is 13.5 Å². The van der Waals surface area contributed by atoms with Gasteiger partial charge in [0.05, 0.1) is 0 Å². The summed E-state index contributed by atoms with van der Waals surface area (Å²) in [5.74, 6) is -0.0374. The molecule has 0 aliphatic rings. The normalized spacial score (nSPS) is 10.7. The van der Waals surface area contributed by atoms with E-state index in [0.717, 1.165) is 12.0 Å². The summed E-state index contributed by atoms with van der Waals surface area (Å²) in [5.41, 5.74) is 3.15. The summed E-state index contributed by atoms with van der Waals surface area (Å²) in [4.78, 5) is 23.8. The van der Waals surface area contributed by atoms with Crippen LogP contribution in [-0.4, -0.2) is 11.8 Å². The first-order chi connectivity index (χ1) is 13.0. The van der Waals surface area contributed by atoms with Crippen LogP contribution < -0.4 is 4.74 Å². The van der Waals surface area contributed by atoms with Gasteiger partial charge in [0.15, 0.2) is 5.78 Å². The Bertz CT molecular complexity index is 812. The number of ether oxygens (including phenoxy) is 1. The standard InChI is InChI=1S/C24H26O3/c1-4-5-6-7-19-8-13-21(14-9-19)23(25)17-12-20-10-15-22(16-11-20)27-24(26)18(2)3/h8-17H,2,4-7H2,1,3H3. The zero-order valence-electron chi connectivity index (χ0n) is 16.0. The largest absolute Gasteiger partial charge is 0.423 e. The first kappa shape index (κ1) is 20.4. The van der Waals surface area contributed by atoms with E-state index in [9.17, 15) is 9.59 Å². The van der Waals surface area contributed by atoms with Crippen molar-refractivity contribution in [1.29, 1.82) is 0 Å². The molecule has 140 valence electrons. The van der Waals surface area contributed by atoms with Gasteiger partial charge in [0, 0.05) is 11.1 Å². The highest BCUT2D eigenvalue weighted by atomic mass is 16.5. The van der Waals surface area contributed by atoms with Crippen molar-refractivity contribution < 1.29 is 14.3 Å². The molecule has 0 radical (unpaired) electrons. The number of carbonyl (C=O) groups is 2. The molecule has 0 N–H and O–H groups in total. The molecular formula is C24H26O3. The van der Waals surface area contributed by atoms with Crippen molar-refractivity contribution in [2.24, 2.45) is 0 Å². The summed E-state index contributed by atoms with van der Waals surface area (Å²) in [5, 5.41) is 0. The van der Waals surface area contributed by atoms with Gasteiger partial charge in [-0.25, -0.2) is 4.79 Å². The van der Waals surface area contributed by atoms with Gasteiger partial charge < -0.3 is 4.74 Å². The van der Waals surface area contributed by atoms with E-state index >= 15 is 0 Å². The van der Waals surface area contributed by atoms with Gasteiger partial charge in [0.1, 0.15) is 5.75 Å². The molecule has 0 amide bonds. The molecule has 0 aromatic heterocycles. The Morgan fingerprint density at radius 1 is 1.00 bits per heavy atom. The summed E-state index contributed by atoms with van der Waals surface area (Å²) in [6.07, 6.45) is 7.98. The molecule has 0 saturated carbocycles. The van der Waals surface area contributed by atoms with Crippen LogP contribution in [0.25, 0.3) is 6.08 Å². The van der Waals surface area contributed by atoms with Gasteiger partial charge in [-0.3, -0.25) is 4.79 Å². The number of esters is 1. The molecule has 0 saturated heterocycles. The molecule has 0 aliphatic heterocycles. The molecule has 2 aromatic rings. The maximum absolute atomic E-state index is 12.3. The Balaban J connectivity index is 1.93. The number of benzene rings is 2.